The van der Waals surface area contributed by atoms with Gasteiger partial charge < -0.3 is 10.1 Å². The number of hydrogen-bond acceptors (Lipinski definition) is 2. The van der Waals surface area contributed by atoms with Crippen molar-refractivity contribution in [3.63, 3.8) is 0 Å². The molecule has 0 aromatic heterocycles. The third kappa shape index (κ3) is 3.32. The van der Waals surface area contributed by atoms with Crippen molar-refractivity contribution in [1.29, 1.82) is 0 Å². The SMILES string of the molecule is CC(CNCC1CCCO1)c1ccccc1. The summed E-state index contributed by atoms with van der Waals surface area (Å²) in [4.78, 5) is 0. The molecule has 1 N–H and O–H groups in total. The molecule has 0 aliphatic carbocycles. The molecule has 1 aromatic rings. The fraction of sp³-hybridized carbons (Fsp3) is 0.571. The molecule has 16 heavy (non-hydrogen) atoms. The molecule has 0 saturated carbocycles. The zero-order valence-corrected chi connectivity index (χ0v) is 9.99. The van der Waals surface area contributed by atoms with Gasteiger partial charge in [0.05, 0.1) is 6.10 Å². The van der Waals surface area contributed by atoms with Gasteiger partial charge in [0.25, 0.3) is 0 Å². The van der Waals surface area contributed by atoms with E-state index in [2.05, 4.69) is 42.6 Å². The number of rotatable bonds is 5. The lowest BCUT2D eigenvalue weighted by Crippen LogP contribution is -2.29. The van der Waals surface area contributed by atoms with E-state index < -0.39 is 0 Å². The van der Waals surface area contributed by atoms with Crippen molar-refractivity contribution in [1.82, 2.24) is 5.32 Å². The highest BCUT2D eigenvalue weighted by Crippen LogP contribution is 2.14. The molecule has 2 unspecified atom stereocenters. The molecule has 1 fully saturated rings. The lowest BCUT2D eigenvalue weighted by molar-refractivity contribution is 0.110. The van der Waals surface area contributed by atoms with Crippen molar-refractivity contribution >= 4 is 0 Å². The van der Waals surface area contributed by atoms with Gasteiger partial charge in [-0.3, -0.25) is 0 Å². The van der Waals surface area contributed by atoms with E-state index in [1.54, 1.807) is 0 Å². The summed E-state index contributed by atoms with van der Waals surface area (Å²) >= 11 is 0. The van der Waals surface area contributed by atoms with Gasteiger partial charge in [0.15, 0.2) is 0 Å². The second-order valence-electron chi connectivity index (χ2n) is 4.61. The minimum Gasteiger partial charge on any atom is -0.377 e. The van der Waals surface area contributed by atoms with E-state index in [9.17, 15) is 0 Å². The van der Waals surface area contributed by atoms with Crippen LogP contribution in [-0.4, -0.2) is 25.8 Å². The fourth-order valence-corrected chi connectivity index (χ4v) is 2.17. The van der Waals surface area contributed by atoms with Crippen LogP contribution in [0.1, 0.15) is 31.2 Å². The third-order valence-electron chi connectivity index (χ3n) is 3.22. The normalized spacial score (nSPS) is 22.2. The quantitative estimate of drug-likeness (QED) is 0.821. The number of hydrogen-bond donors (Lipinski definition) is 1. The lowest BCUT2D eigenvalue weighted by Gasteiger charge is -2.15. The summed E-state index contributed by atoms with van der Waals surface area (Å²) in [5, 5.41) is 3.50. The standard InChI is InChI=1S/C14H21NO/c1-12(13-6-3-2-4-7-13)10-15-11-14-8-5-9-16-14/h2-4,6-7,12,14-15H,5,8-11H2,1H3. The maximum atomic E-state index is 5.58. The summed E-state index contributed by atoms with van der Waals surface area (Å²) in [6.45, 7) is 5.24. The summed E-state index contributed by atoms with van der Waals surface area (Å²) in [5.41, 5.74) is 1.40. The van der Waals surface area contributed by atoms with Crippen molar-refractivity contribution in [2.75, 3.05) is 19.7 Å². The Morgan fingerprint density at radius 3 is 2.88 bits per heavy atom. The second kappa shape index (κ2) is 6.02. The van der Waals surface area contributed by atoms with Crippen molar-refractivity contribution in [3.05, 3.63) is 35.9 Å². The van der Waals surface area contributed by atoms with E-state index in [4.69, 9.17) is 4.74 Å². The van der Waals surface area contributed by atoms with E-state index in [1.165, 1.54) is 18.4 Å². The van der Waals surface area contributed by atoms with Crippen LogP contribution in [0.4, 0.5) is 0 Å². The molecule has 1 saturated heterocycles. The molecule has 0 spiro atoms. The molecule has 1 aromatic carbocycles. The van der Waals surface area contributed by atoms with Crippen LogP contribution in [0.15, 0.2) is 30.3 Å². The molecule has 1 aliphatic rings. The summed E-state index contributed by atoms with van der Waals surface area (Å²) in [6, 6.07) is 10.7. The molecule has 2 nitrogen and oxygen atoms in total. The largest absolute Gasteiger partial charge is 0.377 e. The zero-order valence-electron chi connectivity index (χ0n) is 9.99. The highest BCUT2D eigenvalue weighted by atomic mass is 16.5. The first-order valence-electron chi connectivity index (χ1n) is 6.23. The molecule has 0 amide bonds. The number of nitrogens with one attached hydrogen (secondary N) is 1. The van der Waals surface area contributed by atoms with Crippen molar-refractivity contribution < 1.29 is 4.74 Å². The molecule has 0 radical (unpaired) electrons. The highest BCUT2D eigenvalue weighted by Gasteiger charge is 2.15. The van der Waals surface area contributed by atoms with Crippen LogP contribution in [0.3, 0.4) is 0 Å². The first-order valence-corrected chi connectivity index (χ1v) is 6.23. The molecule has 0 bridgehead atoms. The molecular formula is C14H21NO. The maximum Gasteiger partial charge on any atom is 0.0700 e. The molecular weight excluding hydrogens is 198 g/mol. The summed E-state index contributed by atoms with van der Waals surface area (Å²) in [5.74, 6) is 0.572. The van der Waals surface area contributed by atoms with Crippen LogP contribution in [0, 0.1) is 0 Å². The van der Waals surface area contributed by atoms with Gasteiger partial charge >= 0.3 is 0 Å². The molecule has 1 aliphatic heterocycles. The Hall–Kier alpha value is -0.860. The highest BCUT2D eigenvalue weighted by molar-refractivity contribution is 5.18. The van der Waals surface area contributed by atoms with Crippen molar-refractivity contribution in [2.45, 2.75) is 31.8 Å². The first kappa shape index (κ1) is 11.6. The Balaban J connectivity index is 1.69. The monoisotopic (exact) mass is 219 g/mol. The number of benzene rings is 1. The van der Waals surface area contributed by atoms with Gasteiger partial charge in [-0.1, -0.05) is 37.3 Å². The predicted octanol–water partition coefficient (Wildman–Crippen LogP) is 2.56. The minimum absolute atomic E-state index is 0.447. The van der Waals surface area contributed by atoms with Gasteiger partial charge in [-0.2, -0.15) is 0 Å². The van der Waals surface area contributed by atoms with E-state index in [0.29, 0.717) is 12.0 Å². The van der Waals surface area contributed by atoms with E-state index >= 15 is 0 Å². The Labute approximate surface area is 98.0 Å². The minimum atomic E-state index is 0.447. The smallest absolute Gasteiger partial charge is 0.0700 e. The van der Waals surface area contributed by atoms with Crippen molar-refractivity contribution in [2.24, 2.45) is 0 Å². The molecule has 2 atom stereocenters. The molecule has 2 rings (SSSR count). The first-order chi connectivity index (χ1) is 7.86. The average Bonchev–Trinajstić information content (AvgIpc) is 2.83. The van der Waals surface area contributed by atoms with Gasteiger partial charge in [-0.05, 0) is 24.3 Å². The summed E-state index contributed by atoms with van der Waals surface area (Å²) < 4.78 is 5.58. The Morgan fingerprint density at radius 1 is 1.38 bits per heavy atom. The molecule has 2 heteroatoms. The Bertz CT molecular complexity index is 293. The lowest BCUT2D eigenvalue weighted by atomic mass is 10.0. The average molecular weight is 219 g/mol. The van der Waals surface area contributed by atoms with Crippen LogP contribution in [0.5, 0.6) is 0 Å². The van der Waals surface area contributed by atoms with Gasteiger partial charge in [0.2, 0.25) is 0 Å². The van der Waals surface area contributed by atoms with Crippen molar-refractivity contribution in [3.8, 4) is 0 Å². The summed E-state index contributed by atoms with van der Waals surface area (Å²) in [6.07, 6.45) is 2.88. The van der Waals surface area contributed by atoms with Crippen LogP contribution in [-0.2, 0) is 4.74 Å². The fourth-order valence-electron chi connectivity index (χ4n) is 2.17. The Kier molecular flexibility index (Phi) is 4.37. The van der Waals surface area contributed by atoms with Gasteiger partial charge in [-0.25, -0.2) is 0 Å². The van der Waals surface area contributed by atoms with Crippen LogP contribution < -0.4 is 5.32 Å². The maximum absolute atomic E-state index is 5.58. The second-order valence-corrected chi connectivity index (χ2v) is 4.61. The van der Waals surface area contributed by atoms with E-state index in [0.717, 1.165) is 19.7 Å². The zero-order chi connectivity index (χ0) is 11.2. The number of ether oxygens (including phenoxy) is 1. The van der Waals surface area contributed by atoms with Crippen LogP contribution >= 0.6 is 0 Å². The van der Waals surface area contributed by atoms with Gasteiger partial charge in [0.1, 0.15) is 0 Å². The van der Waals surface area contributed by atoms with Crippen LogP contribution in [0.25, 0.3) is 0 Å². The molecule has 1 heterocycles. The van der Waals surface area contributed by atoms with Gasteiger partial charge in [-0.15, -0.1) is 0 Å². The van der Waals surface area contributed by atoms with E-state index in [1.807, 2.05) is 0 Å². The molecule has 88 valence electrons. The van der Waals surface area contributed by atoms with E-state index in [-0.39, 0.29) is 0 Å². The third-order valence-corrected chi connectivity index (χ3v) is 3.22. The summed E-state index contributed by atoms with van der Waals surface area (Å²) in [7, 11) is 0. The van der Waals surface area contributed by atoms with Crippen LogP contribution in [0.2, 0.25) is 0 Å². The van der Waals surface area contributed by atoms with Gasteiger partial charge in [0, 0.05) is 19.7 Å². The Morgan fingerprint density at radius 2 is 2.19 bits per heavy atom. The topological polar surface area (TPSA) is 21.3 Å². The predicted molar refractivity (Wildman–Crippen MR) is 66.7 cm³/mol.